The van der Waals surface area contributed by atoms with Crippen molar-refractivity contribution in [1.82, 2.24) is 5.32 Å². The molecule has 0 saturated heterocycles. The van der Waals surface area contributed by atoms with Gasteiger partial charge in [0, 0.05) is 5.39 Å². The van der Waals surface area contributed by atoms with Crippen LogP contribution in [0.3, 0.4) is 0 Å². The number of fused-ring (bicyclic) bond motifs is 1. The van der Waals surface area contributed by atoms with Crippen LogP contribution in [0, 0.1) is 0 Å². The Bertz CT molecular complexity index is 875. The lowest BCUT2D eigenvalue weighted by molar-refractivity contribution is -0.120. The van der Waals surface area contributed by atoms with Crippen LogP contribution in [-0.4, -0.2) is 36.1 Å². The van der Waals surface area contributed by atoms with Gasteiger partial charge in [-0.2, -0.15) is 0 Å². The van der Waals surface area contributed by atoms with E-state index in [2.05, 4.69) is 5.32 Å². The fourth-order valence-corrected chi connectivity index (χ4v) is 2.85. The number of methoxy groups -OCH3 is 1. The lowest BCUT2D eigenvalue weighted by Crippen LogP contribution is -2.48. The van der Waals surface area contributed by atoms with Crippen molar-refractivity contribution in [2.24, 2.45) is 0 Å². The zero-order valence-corrected chi connectivity index (χ0v) is 14.4. The van der Waals surface area contributed by atoms with Gasteiger partial charge in [-0.3, -0.25) is 4.79 Å². The zero-order chi connectivity index (χ0) is 18.5. The molecular weight excluding hydrogens is 333 g/mol. The van der Waals surface area contributed by atoms with Gasteiger partial charge >= 0.3 is 7.12 Å². The number of carbonyl (C=O) groups is 1. The Morgan fingerprint density at radius 2 is 1.92 bits per heavy atom. The molecule has 0 saturated carbocycles. The van der Waals surface area contributed by atoms with Crippen LogP contribution in [0.25, 0.3) is 11.0 Å². The summed E-state index contributed by atoms with van der Waals surface area (Å²) in [5, 5.41) is 22.9. The second kappa shape index (κ2) is 8.08. The van der Waals surface area contributed by atoms with Gasteiger partial charge in [-0.15, -0.1) is 0 Å². The third-order valence-electron chi connectivity index (χ3n) is 4.23. The van der Waals surface area contributed by atoms with Crippen molar-refractivity contribution in [2.45, 2.75) is 18.8 Å². The Morgan fingerprint density at radius 3 is 2.62 bits per heavy atom. The third kappa shape index (κ3) is 4.25. The SMILES string of the molecule is COc1ccc(CC(=O)N[C@@H](Cc2coc3ccccc23)B(O)O)cc1. The number of furan rings is 1. The Balaban J connectivity index is 1.66. The Labute approximate surface area is 151 Å². The fraction of sp³-hybridized carbons (Fsp3) is 0.211. The maximum Gasteiger partial charge on any atom is 0.475 e. The first-order valence-electron chi connectivity index (χ1n) is 8.30. The number of benzene rings is 2. The first-order valence-corrected chi connectivity index (χ1v) is 8.30. The first kappa shape index (κ1) is 18.0. The minimum absolute atomic E-state index is 0.138. The van der Waals surface area contributed by atoms with Gasteiger partial charge in [-0.1, -0.05) is 30.3 Å². The molecule has 0 bridgehead atoms. The average Bonchev–Trinajstić information content (AvgIpc) is 3.05. The minimum Gasteiger partial charge on any atom is -0.497 e. The number of carbonyl (C=O) groups excluding carboxylic acids is 1. The van der Waals surface area contributed by atoms with Crippen molar-refractivity contribution >= 4 is 24.0 Å². The largest absolute Gasteiger partial charge is 0.497 e. The average molecular weight is 353 g/mol. The topological polar surface area (TPSA) is 91.9 Å². The van der Waals surface area contributed by atoms with E-state index in [-0.39, 0.29) is 18.7 Å². The molecule has 3 aromatic rings. The fourth-order valence-electron chi connectivity index (χ4n) is 2.85. The van der Waals surface area contributed by atoms with Gasteiger partial charge in [-0.05, 0) is 35.7 Å². The maximum atomic E-state index is 12.3. The van der Waals surface area contributed by atoms with Crippen LogP contribution in [-0.2, 0) is 17.6 Å². The van der Waals surface area contributed by atoms with Gasteiger partial charge in [-0.25, -0.2) is 0 Å². The third-order valence-corrected chi connectivity index (χ3v) is 4.23. The molecule has 1 aromatic heterocycles. The highest BCUT2D eigenvalue weighted by molar-refractivity contribution is 6.43. The second-order valence-corrected chi connectivity index (χ2v) is 6.07. The van der Waals surface area contributed by atoms with Gasteiger partial charge < -0.3 is 24.5 Å². The van der Waals surface area contributed by atoms with Gasteiger partial charge in [0.1, 0.15) is 11.3 Å². The van der Waals surface area contributed by atoms with Crippen LogP contribution in [0.4, 0.5) is 0 Å². The summed E-state index contributed by atoms with van der Waals surface area (Å²) in [5.74, 6) is -0.410. The van der Waals surface area contributed by atoms with E-state index in [1.54, 1.807) is 37.6 Å². The lowest BCUT2D eigenvalue weighted by Gasteiger charge is -2.17. The van der Waals surface area contributed by atoms with E-state index >= 15 is 0 Å². The van der Waals surface area contributed by atoms with Crippen LogP contribution in [0.2, 0.25) is 0 Å². The number of para-hydroxylation sites is 1. The number of nitrogens with one attached hydrogen (secondary N) is 1. The number of rotatable bonds is 7. The highest BCUT2D eigenvalue weighted by atomic mass is 16.5. The van der Waals surface area contributed by atoms with Crippen molar-refractivity contribution in [2.75, 3.05) is 7.11 Å². The van der Waals surface area contributed by atoms with Crippen molar-refractivity contribution in [1.29, 1.82) is 0 Å². The first-order chi connectivity index (χ1) is 12.6. The molecular formula is C19H20BNO5. The number of hydrogen-bond donors (Lipinski definition) is 3. The van der Waals surface area contributed by atoms with Gasteiger partial charge in [0.15, 0.2) is 0 Å². The van der Waals surface area contributed by atoms with Crippen molar-refractivity contribution < 1.29 is 24.0 Å². The highest BCUT2D eigenvalue weighted by Crippen LogP contribution is 2.22. The van der Waals surface area contributed by atoms with E-state index < -0.39 is 13.1 Å². The smallest absolute Gasteiger partial charge is 0.475 e. The Kier molecular flexibility index (Phi) is 5.60. The summed E-state index contributed by atoms with van der Waals surface area (Å²) < 4.78 is 10.6. The molecule has 0 aliphatic rings. The van der Waals surface area contributed by atoms with Crippen molar-refractivity contribution in [3.63, 3.8) is 0 Å². The van der Waals surface area contributed by atoms with E-state index in [9.17, 15) is 14.8 Å². The zero-order valence-electron chi connectivity index (χ0n) is 14.4. The molecule has 0 aliphatic heterocycles. The maximum absolute atomic E-state index is 12.3. The number of ether oxygens (including phenoxy) is 1. The standard InChI is InChI=1S/C19H20BNO5/c1-25-15-8-6-13(7-9-15)10-19(22)21-18(20(23)24)11-14-12-26-17-5-3-2-4-16(14)17/h2-9,12,18,23-24H,10-11H2,1H3,(H,21,22)/t18-/m0/s1. The summed E-state index contributed by atoms with van der Waals surface area (Å²) >= 11 is 0. The highest BCUT2D eigenvalue weighted by Gasteiger charge is 2.26. The van der Waals surface area contributed by atoms with Gasteiger partial charge in [0.2, 0.25) is 5.91 Å². The summed E-state index contributed by atoms with van der Waals surface area (Å²) in [7, 11) is -0.0994. The van der Waals surface area contributed by atoms with Gasteiger partial charge in [0.25, 0.3) is 0 Å². The summed E-state index contributed by atoms with van der Waals surface area (Å²) in [5.41, 5.74) is 2.34. The number of amides is 1. The quantitative estimate of drug-likeness (QED) is 0.563. The Hall–Kier alpha value is -2.77. The van der Waals surface area contributed by atoms with Crippen LogP contribution < -0.4 is 10.1 Å². The van der Waals surface area contributed by atoms with Crippen LogP contribution >= 0.6 is 0 Å². The minimum atomic E-state index is -1.68. The summed E-state index contributed by atoms with van der Waals surface area (Å²) in [6.45, 7) is 0. The monoisotopic (exact) mass is 353 g/mol. The predicted octanol–water partition coefficient (Wildman–Crippen LogP) is 1.72. The van der Waals surface area contributed by atoms with Crippen LogP contribution in [0.5, 0.6) is 5.75 Å². The summed E-state index contributed by atoms with van der Waals surface area (Å²) in [6, 6.07) is 14.6. The van der Waals surface area contributed by atoms with Crippen LogP contribution in [0.15, 0.2) is 59.2 Å². The molecule has 0 unspecified atom stereocenters. The normalized spacial score (nSPS) is 12.0. The van der Waals surface area contributed by atoms with Gasteiger partial charge in [0.05, 0.1) is 25.7 Å². The summed E-state index contributed by atoms with van der Waals surface area (Å²) in [6.07, 6.45) is 1.97. The van der Waals surface area contributed by atoms with Crippen LogP contribution in [0.1, 0.15) is 11.1 Å². The second-order valence-electron chi connectivity index (χ2n) is 6.07. The molecule has 6 nitrogen and oxygen atoms in total. The Morgan fingerprint density at radius 1 is 1.19 bits per heavy atom. The molecule has 3 N–H and O–H groups in total. The molecule has 0 fully saturated rings. The molecule has 0 radical (unpaired) electrons. The van der Waals surface area contributed by atoms with E-state index in [1.165, 1.54) is 0 Å². The number of hydrogen-bond acceptors (Lipinski definition) is 5. The van der Waals surface area contributed by atoms with E-state index in [1.807, 2.05) is 24.3 Å². The lowest BCUT2D eigenvalue weighted by atomic mass is 9.75. The molecule has 1 atom stereocenters. The van der Waals surface area contributed by atoms with Crippen molar-refractivity contribution in [3.8, 4) is 5.75 Å². The van der Waals surface area contributed by atoms with Crippen molar-refractivity contribution in [3.05, 3.63) is 65.9 Å². The molecule has 1 amide bonds. The molecule has 3 rings (SSSR count). The van der Waals surface area contributed by atoms with E-state index in [0.717, 1.165) is 22.1 Å². The molecule has 0 spiro atoms. The molecule has 0 aliphatic carbocycles. The molecule has 134 valence electrons. The summed E-state index contributed by atoms with van der Waals surface area (Å²) in [4.78, 5) is 12.3. The molecule has 7 heteroatoms. The van der Waals surface area contributed by atoms with E-state index in [0.29, 0.717) is 5.75 Å². The molecule has 26 heavy (non-hydrogen) atoms. The van der Waals surface area contributed by atoms with E-state index in [4.69, 9.17) is 9.15 Å². The predicted molar refractivity (Wildman–Crippen MR) is 98.7 cm³/mol. The molecule has 2 aromatic carbocycles. The molecule has 1 heterocycles.